The van der Waals surface area contributed by atoms with Crippen molar-refractivity contribution in [1.82, 2.24) is 0 Å². The molecule has 1 heteroatoms. The van der Waals surface area contributed by atoms with Crippen molar-refractivity contribution in [3.63, 3.8) is 0 Å². The highest BCUT2D eigenvalue weighted by atomic mass is 19.1. The summed E-state index contributed by atoms with van der Waals surface area (Å²) in [5, 5.41) is 0. The number of benzene rings is 1. The van der Waals surface area contributed by atoms with E-state index in [9.17, 15) is 4.39 Å². The SMILES string of the molecule is C=CC1CCC(c2cc3c(cc2F)CC(CCC)=CC3)CC1. The Kier molecular flexibility index (Phi) is 4.81. The molecule has 0 nitrogen and oxygen atoms in total. The number of hydrogen-bond acceptors (Lipinski definition) is 0. The van der Waals surface area contributed by atoms with Gasteiger partial charge in [-0.25, -0.2) is 4.39 Å². The van der Waals surface area contributed by atoms with E-state index in [1.807, 2.05) is 6.07 Å². The first-order valence-corrected chi connectivity index (χ1v) is 8.83. The first kappa shape index (κ1) is 15.5. The normalized spacial score (nSPS) is 24.5. The van der Waals surface area contributed by atoms with Gasteiger partial charge in [-0.3, -0.25) is 0 Å². The predicted molar refractivity (Wildman–Crippen MR) is 91.7 cm³/mol. The van der Waals surface area contributed by atoms with Crippen molar-refractivity contribution in [3.8, 4) is 0 Å². The van der Waals surface area contributed by atoms with Crippen LogP contribution in [0.4, 0.5) is 4.39 Å². The summed E-state index contributed by atoms with van der Waals surface area (Å²) in [6.07, 6.45) is 13.2. The molecule has 1 aromatic carbocycles. The van der Waals surface area contributed by atoms with Crippen LogP contribution in [0.5, 0.6) is 0 Å². The molecule has 1 saturated carbocycles. The minimum absolute atomic E-state index is 0.0264. The summed E-state index contributed by atoms with van der Waals surface area (Å²) in [6.45, 7) is 6.11. The fourth-order valence-corrected chi connectivity index (χ4v) is 4.09. The standard InChI is InChI=1S/C21H27F/c1-3-5-16-8-11-18-13-20(21(22)14-19(18)12-16)17-9-6-15(4-2)7-10-17/h4,8,13-15,17H,2-3,5-7,9-12H2,1H3. The maximum absolute atomic E-state index is 14.6. The fourth-order valence-electron chi connectivity index (χ4n) is 4.09. The summed E-state index contributed by atoms with van der Waals surface area (Å²) in [7, 11) is 0. The average molecular weight is 298 g/mol. The summed E-state index contributed by atoms with van der Waals surface area (Å²) in [6, 6.07) is 4.00. The van der Waals surface area contributed by atoms with Crippen molar-refractivity contribution in [2.75, 3.05) is 0 Å². The minimum atomic E-state index is 0.0264. The van der Waals surface area contributed by atoms with Gasteiger partial charge in [0.2, 0.25) is 0 Å². The van der Waals surface area contributed by atoms with Crippen molar-refractivity contribution in [1.29, 1.82) is 0 Å². The van der Waals surface area contributed by atoms with Crippen LogP contribution in [0, 0.1) is 11.7 Å². The van der Waals surface area contributed by atoms with Crippen molar-refractivity contribution >= 4 is 0 Å². The molecule has 0 atom stereocenters. The third-order valence-electron chi connectivity index (χ3n) is 5.46. The second-order valence-corrected chi connectivity index (χ2v) is 6.98. The summed E-state index contributed by atoms with van der Waals surface area (Å²) >= 11 is 0. The largest absolute Gasteiger partial charge is 0.207 e. The van der Waals surface area contributed by atoms with Crippen molar-refractivity contribution in [2.45, 2.75) is 64.2 Å². The van der Waals surface area contributed by atoms with Crippen LogP contribution in [0.15, 0.2) is 36.4 Å². The predicted octanol–water partition coefficient (Wildman–Crippen LogP) is 6.11. The van der Waals surface area contributed by atoms with Gasteiger partial charge in [0.15, 0.2) is 0 Å². The van der Waals surface area contributed by atoms with Crippen molar-refractivity contribution in [2.24, 2.45) is 5.92 Å². The van der Waals surface area contributed by atoms with Crippen LogP contribution in [0.1, 0.15) is 68.1 Å². The van der Waals surface area contributed by atoms with E-state index in [2.05, 4.69) is 31.7 Å². The zero-order valence-corrected chi connectivity index (χ0v) is 13.7. The van der Waals surface area contributed by atoms with E-state index in [1.54, 1.807) is 0 Å². The molecule has 118 valence electrons. The fraction of sp³-hybridized carbons (Fsp3) is 0.524. The van der Waals surface area contributed by atoms with Gasteiger partial charge in [-0.15, -0.1) is 6.58 Å². The van der Waals surface area contributed by atoms with Gasteiger partial charge >= 0.3 is 0 Å². The third kappa shape index (κ3) is 3.19. The Hall–Kier alpha value is -1.37. The molecule has 0 spiro atoms. The third-order valence-corrected chi connectivity index (χ3v) is 5.46. The van der Waals surface area contributed by atoms with Gasteiger partial charge in [0.25, 0.3) is 0 Å². The Morgan fingerprint density at radius 2 is 1.95 bits per heavy atom. The van der Waals surface area contributed by atoms with Crippen LogP contribution in [-0.4, -0.2) is 0 Å². The van der Waals surface area contributed by atoms with E-state index in [0.717, 1.165) is 50.5 Å². The average Bonchev–Trinajstić information content (AvgIpc) is 2.54. The molecule has 2 aliphatic carbocycles. The van der Waals surface area contributed by atoms with Gasteiger partial charge < -0.3 is 0 Å². The summed E-state index contributed by atoms with van der Waals surface area (Å²) in [5.74, 6) is 1.07. The second kappa shape index (κ2) is 6.81. The smallest absolute Gasteiger partial charge is 0.126 e. The lowest BCUT2D eigenvalue weighted by atomic mass is 9.77. The van der Waals surface area contributed by atoms with Crippen molar-refractivity contribution < 1.29 is 4.39 Å². The number of halogens is 1. The monoisotopic (exact) mass is 298 g/mol. The zero-order chi connectivity index (χ0) is 15.5. The molecule has 0 radical (unpaired) electrons. The lowest BCUT2D eigenvalue weighted by molar-refractivity contribution is 0.368. The summed E-state index contributed by atoms with van der Waals surface area (Å²) < 4.78 is 14.6. The minimum Gasteiger partial charge on any atom is -0.207 e. The van der Waals surface area contributed by atoms with Crippen LogP contribution in [0.2, 0.25) is 0 Å². The Balaban J connectivity index is 1.78. The molecule has 0 bridgehead atoms. The Labute approximate surface area is 134 Å². The van der Waals surface area contributed by atoms with Crippen LogP contribution >= 0.6 is 0 Å². The summed E-state index contributed by atoms with van der Waals surface area (Å²) in [4.78, 5) is 0. The molecule has 2 aliphatic rings. The maximum Gasteiger partial charge on any atom is 0.126 e. The van der Waals surface area contributed by atoms with Gasteiger partial charge in [-0.1, -0.05) is 37.1 Å². The molecule has 0 N–H and O–H groups in total. The molecular weight excluding hydrogens is 271 g/mol. The molecular formula is C21H27F. The first-order valence-electron chi connectivity index (χ1n) is 8.83. The Bertz CT molecular complexity index is 574. The first-order chi connectivity index (χ1) is 10.7. The van der Waals surface area contributed by atoms with E-state index in [4.69, 9.17) is 0 Å². The lowest BCUT2D eigenvalue weighted by Gasteiger charge is -2.28. The van der Waals surface area contributed by atoms with E-state index < -0.39 is 0 Å². The van der Waals surface area contributed by atoms with E-state index >= 15 is 0 Å². The van der Waals surface area contributed by atoms with Crippen LogP contribution in [0.25, 0.3) is 0 Å². The maximum atomic E-state index is 14.6. The van der Waals surface area contributed by atoms with Gasteiger partial charge in [0, 0.05) is 0 Å². The number of hydrogen-bond donors (Lipinski definition) is 0. The van der Waals surface area contributed by atoms with Crippen LogP contribution in [-0.2, 0) is 12.8 Å². The molecule has 0 heterocycles. The Morgan fingerprint density at radius 1 is 1.18 bits per heavy atom. The molecule has 3 rings (SSSR count). The highest BCUT2D eigenvalue weighted by molar-refractivity contribution is 5.41. The quantitative estimate of drug-likeness (QED) is 0.588. The van der Waals surface area contributed by atoms with Gasteiger partial charge in [0.05, 0.1) is 0 Å². The van der Waals surface area contributed by atoms with Crippen LogP contribution in [0.3, 0.4) is 0 Å². The van der Waals surface area contributed by atoms with Crippen LogP contribution < -0.4 is 0 Å². The van der Waals surface area contributed by atoms with Gasteiger partial charge in [0.1, 0.15) is 5.82 Å². The lowest BCUT2D eigenvalue weighted by Crippen LogP contribution is -2.14. The number of allylic oxidation sites excluding steroid dienone is 3. The van der Waals surface area contributed by atoms with Gasteiger partial charge in [-0.05, 0) is 79.5 Å². The molecule has 0 aromatic heterocycles. The highest BCUT2D eigenvalue weighted by Gasteiger charge is 2.24. The molecule has 0 unspecified atom stereocenters. The van der Waals surface area contributed by atoms with Gasteiger partial charge in [-0.2, -0.15) is 0 Å². The molecule has 1 fully saturated rings. The summed E-state index contributed by atoms with van der Waals surface area (Å²) in [5.41, 5.74) is 5.01. The number of fused-ring (bicyclic) bond motifs is 1. The zero-order valence-electron chi connectivity index (χ0n) is 13.7. The topological polar surface area (TPSA) is 0 Å². The molecule has 1 aromatic rings. The Morgan fingerprint density at radius 3 is 2.64 bits per heavy atom. The molecule has 0 amide bonds. The van der Waals surface area contributed by atoms with E-state index in [-0.39, 0.29) is 5.82 Å². The van der Waals surface area contributed by atoms with Crippen molar-refractivity contribution in [3.05, 3.63) is 58.9 Å². The highest BCUT2D eigenvalue weighted by Crippen LogP contribution is 2.38. The second-order valence-electron chi connectivity index (χ2n) is 6.98. The molecule has 22 heavy (non-hydrogen) atoms. The number of rotatable bonds is 4. The molecule has 0 saturated heterocycles. The van der Waals surface area contributed by atoms with E-state index in [1.165, 1.54) is 23.1 Å². The molecule has 0 aliphatic heterocycles. The van der Waals surface area contributed by atoms with E-state index in [0.29, 0.717) is 11.8 Å².